The zero-order valence-corrected chi connectivity index (χ0v) is 16.8. The van der Waals surface area contributed by atoms with E-state index in [4.69, 9.17) is 4.74 Å². The molecular formula is C23H19F2N3O4. The number of nitrogens with zero attached hydrogens (tertiary/aromatic N) is 3. The van der Waals surface area contributed by atoms with E-state index in [1.165, 1.54) is 21.7 Å². The van der Waals surface area contributed by atoms with Gasteiger partial charge in [0.25, 0.3) is 5.91 Å². The first kappa shape index (κ1) is 20.3. The van der Waals surface area contributed by atoms with E-state index in [1.54, 1.807) is 30.3 Å². The quantitative estimate of drug-likeness (QED) is 0.678. The summed E-state index contributed by atoms with van der Waals surface area (Å²) in [6.07, 6.45) is 0.919. The fourth-order valence-corrected chi connectivity index (χ4v) is 4.69. The molecule has 5 rings (SSSR count). The highest BCUT2D eigenvalue weighted by Crippen LogP contribution is 2.44. The molecule has 3 atom stereocenters. The molecule has 0 unspecified atom stereocenters. The molecule has 3 aromatic rings. The fourth-order valence-electron chi connectivity index (χ4n) is 4.69. The van der Waals surface area contributed by atoms with Crippen LogP contribution in [0.1, 0.15) is 33.6 Å². The minimum atomic E-state index is -1.01. The van der Waals surface area contributed by atoms with E-state index in [0.717, 1.165) is 12.3 Å². The monoisotopic (exact) mass is 439 g/mol. The molecule has 2 aliphatic heterocycles. The SMILES string of the molecule is O=C1c2c(O)c(=O)cnn2[C@@H]([C@H](c2ccccc2)c2cccc(F)c2F)[C@@H]2COCCN12. The van der Waals surface area contributed by atoms with Crippen LogP contribution in [0.2, 0.25) is 0 Å². The Balaban J connectivity index is 1.81. The number of halogens is 2. The van der Waals surface area contributed by atoms with Crippen LogP contribution in [0, 0.1) is 11.6 Å². The van der Waals surface area contributed by atoms with Crippen molar-refractivity contribution in [1.82, 2.24) is 14.7 Å². The Labute approximate surface area is 181 Å². The van der Waals surface area contributed by atoms with Crippen molar-refractivity contribution in [3.63, 3.8) is 0 Å². The summed E-state index contributed by atoms with van der Waals surface area (Å²) < 4.78 is 36.3. The van der Waals surface area contributed by atoms with Crippen LogP contribution in [0.4, 0.5) is 8.78 Å². The van der Waals surface area contributed by atoms with Gasteiger partial charge in [-0.3, -0.25) is 9.59 Å². The van der Waals surface area contributed by atoms with Crippen molar-refractivity contribution in [2.45, 2.75) is 18.0 Å². The van der Waals surface area contributed by atoms with Gasteiger partial charge in [-0.1, -0.05) is 42.5 Å². The summed E-state index contributed by atoms with van der Waals surface area (Å²) in [7, 11) is 0. The lowest BCUT2D eigenvalue weighted by atomic mass is 9.79. The van der Waals surface area contributed by atoms with Crippen LogP contribution in [-0.4, -0.2) is 51.5 Å². The molecule has 1 amide bonds. The summed E-state index contributed by atoms with van der Waals surface area (Å²) in [6, 6.07) is 11.5. The van der Waals surface area contributed by atoms with E-state index in [-0.39, 0.29) is 31.0 Å². The number of fused-ring (bicyclic) bond motifs is 2. The summed E-state index contributed by atoms with van der Waals surface area (Å²) in [5.41, 5.74) is -0.318. The molecular weight excluding hydrogens is 420 g/mol. The Hall–Kier alpha value is -3.59. The topological polar surface area (TPSA) is 84.7 Å². The Morgan fingerprint density at radius 1 is 1.09 bits per heavy atom. The van der Waals surface area contributed by atoms with Crippen LogP contribution in [0.5, 0.6) is 5.75 Å². The van der Waals surface area contributed by atoms with E-state index in [2.05, 4.69) is 5.10 Å². The van der Waals surface area contributed by atoms with Gasteiger partial charge in [-0.25, -0.2) is 13.5 Å². The molecule has 1 aromatic heterocycles. The van der Waals surface area contributed by atoms with Crippen molar-refractivity contribution in [2.75, 3.05) is 19.8 Å². The Bertz CT molecular complexity index is 1250. The minimum absolute atomic E-state index is 0.0759. The molecule has 0 bridgehead atoms. The number of ether oxygens (including phenoxy) is 1. The number of benzene rings is 2. The lowest BCUT2D eigenvalue weighted by Gasteiger charge is -2.47. The smallest absolute Gasteiger partial charge is 0.276 e. The molecule has 0 aliphatic carbocycles. The van der Waals surface area contributed by atoms with Crippen molar-refractivity contribution >= 4 is 5.91 Å². The van der Waals surface area contributed by atoms with Crippen molar-refractivity contribution in [3.05, 3.63) is 93.4 Å². The lowest BCUT2D eigenvalue weighted by molar-refractivity contribution is -0.0323. The Morgan fingerprint density at radius 3 is 2.66 bits per heavy atom. The number of hydrogen-bond acceptors (Lipinski definition) is 5. The van der Waals surface area contributed by atoms with Gasteiger partial charge in [0.15, 0.2) is 23.1 Å². The van der Waals surface area contributed by atoms with E-state index in [9.17, 15) is 19.1 Å². The third-order valence-corrected chi connectivity index (χ3v) is 6.11. The minimum Gasteiger partial charge on any atom is -0.502 e. The molecule has 9 heteroatoms. The van der Waals surface area contributed by atoms with Gasteiger partial charge >= 0.3 is 0 Å². The summed E-state index contributed by atoms with van der Waals surface area (Å²) in [5, 5.41) is 14.6. The van der Waals surface area contributed by atoms with Crippen molar-refractivity contribution in [2.24, 2.45) is 0 Å². The number of carbonyl (C=O) groups is 1. The van der Waals surface area contributed by atoms with Crippen molar-refractivity contribution < 1.29 is 23.4 Å². The summed E-state index contributed by atoms with van der Waals surface area (Å²) in [6.45, 7) is 0.658. The van der Waals surface area contributed by atoms with Gasteiger partial charge in [-0.2, -0.15) is 5.10 Å². The molecule has 2 aromatic carbocycles. The average Bonchev–Trinajstić information content (AvgIpc) is 2.81. The Morgan fingerprint density at radius 2 is 1.88 bits per heavy atom. The van der Waals surface area contributed by atoms with E-state index in [1.807, 2.05) is 0 Å². The second-order valence-electron chi connectivity index (χ2n) is 7.81. The van der Waals surface area contributed by atoms with Crippen LogP contribution < -0.4 is 5.43 Å². The summed E-state index contributed by atoms with van der Waals surface area (Å²) >= 11 is 0. The third-order valence-electron chi connectivity index (χ3n) is 6.11. The van der Waals surface area contributed by atoms with Crippen LogP contribution in [0.15, 0.2) is 59.5 Å². The molecule has 0 spiro atoms. The van der Waals surface area contributed by atoms with Crippen molar-refractivity contribution in [1.29, 1.82) is 0 Å². The number of aromatic hydroxyl groups is 1. The first-order chi connectivity index (χ1) is 15.5. The summed E-state index contributed by atoms with van der Waals surface area (Å²) in [4.78, 5) is 26.8. The highest BCUT2D eigenvalue weighted by molar-refractivity contribution is 5.96. The first-order valence-corrected chi connectivity index (χ1v) is 10.2. The predicted octanol–water partition coefficient (Wildman–Crippen LogP) is 2.45. The number of amides is 1. The fraction of sp³-hybridized carbons (Fsp3) is 0.261. The lowest BCUT2D eigenvalue weighted by Crippen LogP contribution is -2.58. The van der Waals surface area contributed by atoms with Gasteiger partial charge in [0.2, 0.25) is 5.43 Å². The predicted molar refractivity (Wildman–Crippen MR) is 109 cm³/mol. The molecule has 1 fully saturated rings. The number of carbonyl (C=O) groups excluding carboxylic acids is 1. The van der Waals surface area contributed by atoms with Gasteiger partial charge in [0.1, 0.15) is 0 Å². The zero-order chi connectivity index (χ0) is 22.4. The largest absolute Gasteiger partial charge is 0.502 e. The van der Waals surface area contributed by atoms with Crippen LogP contribution in [0.3, 0.4) is 0 Å². The highest BCUT2D eigenvalue weighted by atomic mass is 19.2. The van der Waals surface area contributed by atoms with E-state index >= 15 is 4.39 Å². The van der Waals surface area contributed by atoms with Crippen LogP contribution in [-0.2, 0) is 4.74 Å². The molecule has 32 heavy (non-hydrogen) atoms. The van der Waals surface area contributed by atoms with Gasteiger partial charge in [0, 0.05) is 18.0 Å². The second kappa shape index (κ2) is 7.83. The van der Waals surface area contributed by atoms with Crippen LogP contribution >= 0.6 is 0 Å². The molecule has 1 N–H and O–H groups in total. The van der Waals surface area contributed by atoms with Crippen molar-refractivity contribution in [3.8, 4) is 5.75 Å². The molecule has 2 aliphatic rings. The number of hydrogen-bond donors (Lipinski definition) is 1. The number of morpholine rings is 1. The van der Waals surface area contributed by atoms with E-state index in [0.29, 0.717) is 5.56 Å². The maximum Gasteiger partial charge on any atom is 0.276 e. The average molecular weight is 439 g/mol. The van der Waals surface area contributed by atoms with Gasteiger partial charge in [-0.15, -0.1) is 0 Å². The normalized spacial score (nSPS) is 21.1. The molecule has 0 saturated carbocycles. The van der Waals surface area contributed by atoms with Gasteiger partial charge < -0.3 is 14.7 Å². The Kier molecular flexibility index (Phi) is 4.97. The second-order valence-corrected chi connectivity index (χ2v) is 7.81. The number of aromatic nitrogens is 2. The summed E-state index contributed by atoms with van der Waals surface area (Å²) in [5.74, 6) is -4.06. The van der Waals surface area contributed by atoms with E-state index < -0.39 is 46.7 Å². The maximum absolute atomic E-state index is 15.1. The standard InChI is InChI=1S/C23H19F2N3O4/c24-15-8-4-7-14(19(15)25)18(13-5-2-1-3-6-13)20-16-12-32-10-9-27(16)23(31)21-22(30)17(29)11-26-28(20)21/h1-8,11,16,18,20,30H,9-10,12H2/t16-,18+,20+/m0/s1. The van der Waals surface area contributed by atoms with Gasteiger partial charge in [0.05, 0.1) is 31.5 Å². The highest BCUT2D eigenvalue weighted by Gasteiger charge is 2.48. The van der Waals surface area contributed by atoms with Gasteiger partial charge in [-0.05, 0) is 11.6 Å². The molecule has 164 valence electrons. The number of rotatable bonds is 3. The zero-order valence-electron chi connectivity index (χ0n) is 16.8. The molecule has 1 saturated heterocycles. The molecule has 7 nitrogen and oxygen atoms in total. The first-order valence-electron chi connectivity index (χ1n) is 10.2. The molecule has 0 radical (unpaired) electrons. The maximum atomic E-state index is 15.1. The third kappa shape index (κ3) is 3.08. The molecule has 3 heterocycles. The van der Waals surface area contributed by atoms with Crippen LogP contribution in [0.25, 0.3) is 0 Å².